The first kappa shape index (κ1) is 22.7. The maximum absolute atomic E-state index is 12.5. The van der Waals surface area contributed by atoms with Gasteiger partial charge in [-0.05, 0) is 54.1 Å². The van der Waals surface area contributed by atoms with Crippen molar-refractivity contribution >= 4 is 23.5 Å². The van der Waals surface area contributed by atoms with Gasteiger partial charge in [0.05, 0.1) is 19.9 Å². The number of rotatable bonds is 9. The van der Waals surface area contributed by atoms with E-state index in [2.05, 4.69) is 5.32 Å². The highest BCUT2D eigenvalue weighted by Gasteiger charge is 2.15. The van der Waals surface area contributed by atoms with E-state index in [4.69, 9.17) is 23.7 Å². The molecule has 1 heterocycles. The van der Waals surface area contributed by atoms with E-state index in [9.17, 15) is 9.59 Å². The van der Waals surface area contributed by atoms with Gasteiger partial charge in [0.2, 0.25) is 6.79 Å². The lowest BCUT2D eigenvalue weighted by Gasteiger charge is -2.13. The number of amides is 1. The zero-order valence-corrected chi connectivity index (χ0v) is 18.7. The van der Waals surface area contributed by atoms with Gasteiger partial charge in [0.15, 0.2) is 35.4 Å². The van der Waals surface area contributed by atoms with Crippen LogP contribution in [0.5, 0.6) is 28.7 Å². The smallest absolute Gasteiger partial charge is 0.262 e. The van der Waals surface area contributed by atoms with E-state index < -0.39 is 0 Å². The average Bonchev–Trinajstić information content (AvgIpc) is 3.34. The Morgan fingerprint density at radius 2 is 1.71 bits per heavy atom. The van der Waals surface area contributed by atoms with Crippen LogP contribution >= 0.6 is 0 Å². The number of fused-ring (bicyclic) bond motifs is 1. The molecule has 0 unspecified atom stereocenters. The van der Waals surface area contributed by atoms with Crippen molar-refractivity contribution in [2.75, 3.05) is 32.9 Å². The molecule has 3 aromatic carbocycles. The zero-order chi connectivity index (χ0) is 23.9. The Balaban J connectivity index is 1.38. The highest BCUT2D eigenvalue weighted by atomic mass is 16.7. The molecule has 1 amide bonds. The summed E-state index contributed by atoms with van der Waals surface area (Å²) in [6.45, 7) is -0.0642. The number of carbonyl (C=O) groups excluding carboxylic acids is 2. The fraction of sp³-hybridized carbons (Fsp3) is 0.154. The average molecular weight is 461 g/mol. The number of hydrogen-bond donors (Lipinski definition) is 1. The molecule has 8 heteroatoms. The number of nitrogens with one attached hydrogen (secondary N) is 1. The molecular weight excluding hydrogens is 438 g/mol. The van der Waals surface area contributed by atoms with Gasteiger partial charge in [-0.25, -0.2) is 0 Å². The Bertz CT molecular complexity index is 1240. The molecule has 0 fully saturated rings. The van der Waals surface area contributed by atoms with E-state index in [1.54, 1.807) is 60.7 Å². The van der Waals surface area contributed by atoms with Crippen LogP contribution in [0.2, 0.25) is 0 Å². The molecule has 0 radical (unpaired) electrons. The van der Waals surface area contributed by atoms with Crippen molar-refractivity contribution < 1.29 is 33.3 Å². The first-order chi connectivity index (χ1) is 16.6. The fourth-order valence-electron chi connectivity index (χ4n) is 3.30. The highest BCUT2D eigenvalue weighted by molar-refractivity contribution is 6.07. The standard InChI is InChI=1S/C26H23NO7/c1-30-21-6-4-3-5-19(21)27-26(29)15-32-22-11-8-17(13-24(22)31-2)7-10-20(28)18-9-12-23-25(14-18)34-16-33-23/h3-14H,15-16H2,1-2H3,(H,27,29)/b10-7+. The summed E-state index contributed by atoms with van der Waals surface area (Å²) >= 11 is 0. The number of ether oxygens (including phenoxy) is 5. The van der Waals surface area contributed by atoms with E-state index >= 15 is 0 Å². The van der Waals surface area contributed by atoms with Crippen molar-refractivity contribution in [3.63, 3.8) is 0 Å². The fourth-order valence-corrected chi connectivity index (χ4v) is 3.30. The molecule has 0 atom stereocenters. The molecule has 0 spiro atoms. The molecule has 0 aliphatic carbocycles. The summed E-state index contributed by atoms with van der Waals surface area (Å²) in [7, 11) is 3.04. The molecule has 34 heavy (non-hydrogen) atoms. The third-order valence-electron chi connectivity index (χ3n) is 5.01. The maximum Gasteiger partial charge on any atom is 0.262 e. The minimum Gasteiger partial charge on any atom is -0.495 e. The second kappa shape index (κ2) is 10.4. The van der Waals surface area contributed by atoms with Crippen LogP contribution in [0.3, 0.4) is 0 Å². The monoisotopic (exact) mass is 461 g/mol. The van der Waals surface area contributed by atoms with Crippen molar-refractivity contribution in [3.05, 3.63) is 77.9 Å². The van der Waals surface area contributed by atoms with E-state index in [-0.39, 0.29) is 25.1 Å². The van der Waals surface area contributed by atoms with Crippen LogP contribution in [-0.4, -0.2) is 39.3 Å². The van der Waals surface area contributed by atoms with Gasteiger partial charge in [0.25, 0.3) is 5.91 Å². The Morgan fingerprint density at radius 3 is 2.53 bits per heavy atom. The largest absolute Gasteiger partial charge is 0.495 e. The number of anilines is 1. The second-order valence-electron chi connectivity index (χ2n) is 7.21. The van der Waals surface area contributed by atoms with Gasteiger partial charge in [0.1, 0.15) is 5.75 Å². The summed E-state index contributed by atoms with van der Waals surface area (Å²) in [6.07, 6.45) is 3.14. The van der Waals surface area contributed by atoms with Gasteiger partial charge >= 0.3 is 0 Å². The second-order valence-corrected chi connectivity index (χ2v) is 7.21. The molecule has 0 bridgehead atoms. The van der Waals surface area contributed by atoms with Crippen molar-refractivity contribution in [3.8, 4) is 28.7 Å². The summed E-state index contributed by atoms with van der Waals surface area (Å²) in [4.78, 5) is 24.8. The quantitative estimate of drug-likeness (QED) is 0.374. The summed E-state index contributed by atoms with van der Waals surface area (Å²) in [6, 6.07) is 17.3. The van der Waals surface area contributed by atoms with Crippen LogP contribution in [0.4, 0.5) is 5.69 Å². The summed E-state index contributed by atoms with van der Waals surface area (Å²) in [5, 5.41) is 2.75. The lowest BCUT2D eigenvalue weighted by Crippen LogP contribution is -2.20. The predicted molar refractivity (Wildman–Crippen MR) is 126 cm³/mol. The number of benzene rings is 3. The van der Waals surface area contributed by atoms with Crippen molar-refractivity contribution in [1.29, 1.82) is 0 Å². The van der Waals surface area contributed by atoms with Gasteiger partial charge in [-0.3, -0.25) is 9.59 Å². The Labute approximate surface area is 196 Å². The van der Waals surface area contributed by atoms with Crippen LogP contribution in [0.1, 0.15) is 15.9 Å². The summed E-state index contributed by atoms with van der Waals surface area (Å²) < 4.78 is 26.8. The molecule has 0 saturated heterocycles. The predicted octanol–water partition coefficient (Wildman–Crippen LogP) is 4.35. The first-order valence-electron chi connectivity index (χ1n) is 10.4. The number of para-hydroxylation sites is 2. The molecule has 8 nitrogen and oxygen atoms in total. The van der Waals surface area contributed by atoms with Gasteiger partial charge in [-0.1, -0.05) is 24.3 Å². The number of methoxy groups -OCH3 is 2. The maximum atomic E-state index is 12.5. The van der Waals surface area contributed by atoms with Crippen LogP contribution in [-0.2, 0) is 4.79 Å². The summed E-state index contributed by atoms with van der Waals surface area (Å²) in [5.74, 6) is 2.05. The molecule has 0 aromatic heterocycles. The van der Waals surface area contributed by atoms with Crippen molar-refractivity contribution in [2.24, 2.45) is 0 Å². The third-order valence-corrected chi connectivity index (χ3v) is 5.01. The molecule has 4 rings (SSSR count). The Kier molecular flexibility index (Phi) is 6.98. The van der Waals surface area contributed by atoms with Crippen LogP contribution < -0.4 is 29.0 Å². The van der Waals surface area contributed by atoms with E-state index in [0.717, 1.165) is 5.56 Å². The van der Waals surface area contributed by atoms with Gasteiger partial charge in [-0.15, -0.1) is 0 Å². The molecule has 1 aliphatic rings. The SMILES string of the molecule is COc1ccccc1NC(=O)COc1ccc(/C=C/C(=O)c2ccc3c(c2)OCO3)cc1OC. The number of allylic oxidation sites excluding steroid dienone is 1. The lowest BCUT2D eigenvalue weighted by atomic mass is 10.1. The molecule has 1 N–H and O–H groups in total. The minimum atomic E-state index is -0.343. The summed E-state index contributed by atoms with van der Waals surface area (Å²) in [5.41, 5.74) is 1.78. The molecule has 0 saturated carbocycles. The third kappa shape index (κ3) is 5.29. The number of hydrogen-bond acceptors (Lipinski definition) is 7. The van der Waals surface area contributed by atoms with Crippen LogP contribution in [0, 0.1) is 0 Å². The zero-order valence-electron chi connectivity index (χ0n) is 18.7. The minimum absolute atomic E-state index is 0.152. The molecule has 174 valence electrons. The molecule has 1 aliphatic heterocycles. The number of ketones is 1. The Morgan fingerprint density at radius 1 is 0.912 bits per heavy atom. The Hall–Kier alpha value is -4.46. The number of carbonyl (C=O) groups is 2. The first-order valence-corrected chi connectivity index (χ1v) is 10.4. The van der Waals surface area contributed by atoms with Crippen molar-refractivity contribution in [2.45, 2.75) is 0 Å². The topological polar surface area (TPSA) is 92.3 Å². The van der Waals surface area contributed by atoms with Gasteiger partial charge in [-0.2, -0.15) is 0 Å². The van der Waals surface area contributed by atoms with Gasteiger partial charge in [0, 0.05) is 5.56 Å². The van der Waals surface area contributed by atoms with Crippen LogP contribution in [0.25, 0.3) is 6.08 Å². The van der Waals surface area contributed by atoms with E-state index in [1.165, 1.54) is 20.3 Å². The van der Waals surface area contributed by atoms with Crippen molar-refractivity contribution in [1.82, 2.24) is 0 Å². The lowest BCUT2D eigenvalue weighted by molar-refractivity contribution is -0.118. The van der Waals surface area contributed by atoms with E-state index in [0.29, 0.717) is 40.0 Å². The highest BCUT2D eigenvalue weighted by Crippen LogP contribution is 2.33. The molecular formula is C26H23NO7. The van der Waals surface area contributed by atoms with Gasteiger partial charge < -0.3 is 29.0 Å². The van der Waals surface area contributed by atoms with Crippen LogP contribution in [0.15, 0.2) is 66.7 Å². The normalized spacial score (nSPS) is 11.8. The van der Waals surface area contributed by atoms with E-state index in [1.807, 2.05) is 6.07 Å². The molecule has 3 aromatic rings.